The van der Waals surface area contributed by atoms with Crippen LogP contribution in [0.15, 0.2) is 36.5 Å². The third-order valence-electron chi connectivity index (χ3n) is 3.03. The third-order valence-corrected chi connectivity index (χ3v) is 3.03. The number of nitrogens with two attached hydrogens (primary N) is 1. The molecule has 5 N–H and O–H groups in total. The maximum atomic E-state index is 13.8. The summed E-state index contributed by atoms with van der Waals surface area (Å²) in [6, 6.07) is 7.94. The Balaban J connectivity index is 2.39. The summed E-state index contributed by atoms with van der Waals surface area (Å²) in [5.74, 6) is 0.432. The molecule has 0 bridgehead atoms. The molecule has 7 heteroatoms. The second kappa shape index (κ2) is 7.88. The predicted octanol–water partition coefficient (Wildman–Crippen LogP) is 3.13. The van der Waals surface area contributed by atoms with Crippen LogP contribution in [-0.2, 0) is 0 Å². The molecule has 0 spiro atoms. The summed E-state index contributed by atoms with van der Waals surface area (Å²) in [6.07, 6.45) is 3.32. The van der Waals surface area contributed by atoms with E-state index < -0.39 is 0 Å². The van der Waals surface area contributed by atoms with E-state index in [1.807, 2.05) is 6.92 Å². The summed E-state index contributed by atoms with van der Waals surface area (Å²) in [6.45, 7) is 2.73. The fourth-order valence-electron chi connectivity index (χ4n) is 1.88. The van der Waals surface area contributed by atoms with Gasteiger partial charge in [-0.3, -0.25) is 0 Å². The van der Waals surface area contributed by atoms with E-state index in [1.165, 1.54) is 12.3 Å². The van der Waals surface area contributed by atoms with Crippen molar-refractivity contribution in [2.75, 3.05) is 17.2 Å². The molecule has 0 aliphatic carbocycles. The lowest BCUT2D eigenvalue weighted by molar-refractivity contribution is 0.632. The van der Waals surface area contributed by atoms with Crippen LogP contribution in [0.5, 0.6) is 0 Å². The summed E-state index contributed by atoms with van der Waals surface area (Å²) < 4.78 is 13.8. The molecule has 1 heterocycles. The highest BCUT2D eigenvalue weighted by molar-refractivity contribution is 6.07. The lowest BCUT2D eigenvalue weighted by Crippen LogP contribution is -2.08. The summed E-state index contributed by atoms with van der Waals surface area (Å²) in [4.78, 5) is 8.64. The minimum absolute atomic E-state index is 0.312. The van der Waals surface area contributed by atoms with E-state index in [2.05, 4.69) is 20.6 Å². The second-order valence-corrected chi connectivity index (χ2v) is 4.76. The molecule has 0 amide bonds. The number of nitrogens with zero attached hydrogens (tertiary/aromatic N) is 2. The van der Waals surface area contributed by atoms with Gasteiger partial charge in [0.25, 0.3) is 0 Å². The van der Waals surface area contributed by atoms with Gasteiger partial charge in [-0.2, -0.15) is 4.98 Å². The highest BCUT2D eigenvalue weighted by atomic mass is 19.1. The van der Waals surface area contributed by atoms with Gasteiger partial charge < -0.3 is 21.8 Å². The summed E-state index contributed by atoms with van der Waals surface area (Å²) in [5, 5.41) is 13.4. The van der Waals surface area contributed by atoms with Crippen molar-refractivity contribution in [1.82, 2.24) is 9.97 Å². The van der Waals surface area contributed by atoms with Crippen LogP contribution < -0.4 is 16.4 Å². The monoisotopic (exact) mass is 314 g/mol. The van der Waals surface area contributed by atoms with Crippen LogP contribution in [-0.4, -0.2) is 22.7 Å². The average Bonchev–Trinajstić information content (AvgIpc) is 2.56. The van der Waals surface area contributed by atoms with Crippen molar-refractivity contribution < 1.29 is 4.39 Å². The molecular weight excluding hydrogens is 295 g/mol. The second-order valence-electron chi connectivity index (χ2n) is 4.76. The number of hydrogen-bond acceptors (Lipinski definition) is 6. The van der Waals surface area contributed by atoms with Crippen LogP contribution in [0.1, 0.15) is 19.0 Å². The normalized spacial score (nSPS) is 11.1. The molecular formula is C16H19FN6. The Bertz CT molecular complexity index is 713. The number of halogens is 1. The smallest absolute Gasteiger partial charge is 0.225 e. The van der Waals surface area contributed by atoms with Gasteiger partial charge in [0, 0.05) is 30.6 Å². The third kappa shape index (κ3) is 4.26. The quantitative estimate of drug-likeness (QED) is 0.588. The first-order chi connectivity index (χ1) is 11.2. The van der Waals surface area contributed by atoms with E-state index >= 15 is 0 Å². The standard InChI is InChI=1S/C16H19FN6/c1-2-7-20-16-22-14(11(9-18)10-19)8-15(23-16)21-13-6-4-3-5-12(13)17/h3-6,8-10,18H,2,7,19H2,1H3,(H2,20,21,22,23)/b11-10+,18-9?. The number of aromatic nitrogens is 2. The van der Waals surface area contributed by atoms with Crippen molar-refractivity contribution in [3.63, 3.8) is 0 Å². The fourth-order valence-corrected chi connectivity index (χ4v) is 1.88. The molecule has 0 atom stereocenters. The summed E-state index contributed by atoms with van der Waals surface area (Å²) in [5.41, 5.74) is 6.76. The van der Waals surface area contributed by atoms with Gasteiger partial charge in [0.05, 0.1) is 11.4 Å². The van der Waals surface area contributed by atoms with Gasteiger partial charge in [-0.1, -0.05) is 19.1 Å². The zero-order valence-corrected chi connectivity index (χ0v) is 12.8. The first kappa shape index (κ1) is 16.4. The largest absolute Gasteiger partial charge is 0.404 e. The van der Waals surface area contributed by atoms with Gasteiger partial charge >= 0.3 is 0 Å². The van der Waals surface area contributed by atoms with Gasteiger partial charge in [0.15, 0.2) is 0 Å². The number of para-hydroxylation sites is 1. The Hall–Kier alpha value is -2.96. The number of benzene rings is 1. The minimum atomic E-state index is -0.377. The molecule has 2 rings (SSSR count). The molecule has 120 valence electrons. The van der Waals surface area contributed by atoms with Crippen LogP contribution >= 0.6 is 0 Å². The van der Waals surface area contributed by atoms with Crippen LogP contribution in [0.4, 0.5) is 21.8 Å². The highest BCUT2D eigenvalue weighted by Gasteiger charge is 2.09. The Kier molecular flexibility index (Phi) is 5.62. The molecule has 1 aromatic carbocycles. The lowest BCUT2D eigenvalue weighted by Gasteiger charge is -2.11. The van der Waals surface area contributed by atoms with Crippen LogP contribution in [0.2, 0.25) is 0 Å². The van der Waals surface area contributed by atoms with E-state index in [0.717, 1.165) is 12.6 Å². The first-order valence-electron chi connectivity index (χ1n) is 7.25. The molecule has 0 aliphatic rings. The number of anilines is 3. The molecule has 23 heavy (non-hydrogen) atoms. The van der Waals surface area contributed by atoms with Crippen molar-refractivity contribution >= 4 is 29.2 Å². The van der Waals surface area contributed by atoms with E-state index in [0.29, 0.717) is 35.3 Å². The fraction of sp³-hybridized carbons (Fsp3) is 0.188. The Morgan fingerprint density at radius 1 is 1.35 bits per heavy atom. The molecule has 2 aromatic rings. The predicted molar refractivity (Wildman–Crippen MR) is 91.4 cm³/mol. The number of nitrogens with one attached hydrogen (secondary N) is 3. The van der Waals surface area contributed by atoms with Gasteiger partial charge in [0.2, 0.25) is 5.95 Å². The lowest BCUT2D eigenvalue weighted by atomic mass is 10.2. The van der Waals surface area contributed by atoms with Crippen molar-refractivity contribution in [3.05, 3.63) is 48.0 Å². The number of hydrogen-bond donors (Lipinski definition) is 4. The van der Waals surface area contributed by atoms with Crippen LogP contribution in [0.3, 0.4) is 0 Å². The van der Waals surface area contributed by atoms with Gasteiger partial charge in [-0.25, -0.2) is 9.37 Å². The number of allylic oxidation sites excluding steroid dienone is 1. The van der Waals surface area contributed by atoms with Gasteiger partial charge in [-0.05, 0) is 18.6 Å². The Morgan fingerprint density at radius 2 is 2.13 bits per heavy atom. The van der Waals surface area contributed by atoms with E-state index in [4.69, 9.17) is 11.1 Å². The molecule has 0 fully saturated rings. The molecule has 0 unspecified atom stereocenters. The molecule has 6 nitrogen and oxygen atoms in total. The topological polar surface area (TPSA) is 99.7 Å². The van der Waals surface area contributed by atoms with Gasteiger partial charge in [0.1, 0.15) is 11.6 Å². The molecule has 0 aliphatic heterocycles. The van der Waals surface area contributed by atoms with E-state index in [1.54, 1.807) is 24.3 Å². The maximum absolute atomic E-state index is 13.8. The van der Waals surface area contributed by atoms with Crippen molar-refractivity contribution in [2.24, 2.45) is 5.73 Å². The van der Waals surface area contributed by atoms with E-state index in [9.17, 15) is 4.39 Å². The van der Waals surface area contributed by atoms with Crippen molar-refractivity contribution in [2.45, 2.75) is 13.3 Å². The summed E-state index contributed by atoms with van der Waals surface area (Å²) >= 11 is 0. The van der Waals surface area contributed by atoms with Gasteiger partial charge in [-0.15, -0.1) is 0 Å². The highest BCUT2D eigenvalue weighted by Crippen LogP contribution is 2.21. The maximum Gasteiger partial charge on any atom is 0.225 e. The first-order valence-corrected chi connectivity index (χ1v) is 7.25. The van der Waals surface area contributed by atoms with E-state index in [-0.39, 0.29) is 5.82 Å². The summed E-state index contributed by atoms with van der Waals surface area (Å²) in [7, 11) is 0. The average molecular weight is 314 g/mol. The molecule has 1 aromatic heterocycles. The minimum Gasteiger partial charge on any atom is -0.404 e. The Morgan fingerprint density at radius 3 is 2.78 bits per heavy atom. The SMILES string of the molecule is CCCNc1nc(Nc2ccccc2F)cc(/C(C=N)=C/N)n1. The molecule has 0 saturated carbocycles. The molecule has 0 radical (unpaired) electrons. The molecule has 0 saturated heterocycles. The Labute approximate surface area is 134 Å². The van der Waals surface area contributed by atoms with Crippen LogP contribution in [0, 0.1) is 11.2 Å². The zero-order chi connectivity index (χ0) is 16.7. The zero-order valence-electron chi connectivity index (χ0n) is 12.8. The van der Waals surface area contributed by atoms with Crippen molar-refractivity contribution in [1.29, 1.82) is 5.41 Å². The number of rotatable bonds is 7. The van der Waals surface area contributed by atoms with Crippen molar-refractivity contribution in [3.8, 4) is 0 Å². The van der Waals surface area contributed by atoms with Crippen LogP contribution in [0.25, 0.3) is 5.57 Å².